The number of aromatic nitrogens is 3. The van der Waals surface area contributed by atoms with Crippen LogP contribution in [0, 0.1) is 13.8 Å². The normalized spacial score (nSPS) is 11.4. The number of Topliss-reactive ketones (excluding diaryl/α,β-unsaturated/α-hetero) is 1. The first kappa shape index (κ1) is 19.5. The Morgan fingerprint density at radius 2 is 1.72 bits per heavy atom. The SMILES string of the molecule is CCn1c(=O)n(CC(=O)c2cc(C)n(CCc3cccs3)c2C)c2ccccc21. The molecular weight excluding hydrogens is 382 g/mol. The summed E-state index contributed by atoms with van der Waals surface area (Å²) in [6, 6.07) is 13.8. The van der Waals surface area contributed by atoms with Gasteiger partial charge in [0.05, 0.1) is 17.6 Å². The maximum Gasteiger partial charge on any atom is 0.329 e. The predicted molar refractivity (Wildman–Crippen MR) is 118 cm³/mol. The van der Waals surface area contributed by atoms with E-state index in [0.29, 0.717) is 12.1 Å². The van der Waals surface area contributed by atoms with Gasteiger partial charge in [0.1, 0.15) is 0 Å². The van der Waals surface area contributed by atoms with E-state index in [4.69, 9.17) is 0 Å². The Bertz CT molecular complexity index is 1230. The molecule has 0 saturated heterocycles. The van der Waals surface area contributed by atoms with Crippen molar-refractivity contribution in [1.29, 1.82) is 0 Å². The van der Waals surface area contributed by atoms with Crippen LogP contribution in [0.25, 0.3) is 11.0 Å². The molecule has 29 heavy (non-hydrogen) atoms. The molecular formula is C23H25N3O2S. The van der Waals surface area contributed by atoms with E-state index in [2.05, 4.69) is 22.1 Å². The first-order chi connectivity index (χ1) is 14.0. The van der Waals surface area contributed by atoms with E-state index < -0.39 is 0 Å². The van der Waals surface area contributed by atoms with Crippen molar-refractivity contribution in [3.8, 4) is 0 Å². The number of nitrogens with zero attached hydrogens (tertiary/aromatic N) is 3. The third kappa shape index (κ3) is 3.49. The van der Waals surface area contributed by atoms with E-state index >= 15 is 0 Å². The number of hydrogen-bond acceptors (Lipinski definition) is 3. The predicted octanol–water partition coefficient (Wildman–Crippen LogP) is 4.43. The van der Waals surface area contributed by atoms with Gasteiger partial charge in [-0.15, -0.1) is 11.3 Å². The number of fused-ring (bicyclic) bond motifs is 1. The topological polar surface area (TPSA) is 48.9 Å². The summed E-state index contributed by atoms with van der Waals surface area (Å²) in [6.45, 7) is 7.46. The highest BCUT2D eigenvalue weighted by Gasteiger charge is 2.19. The highest BCUT2D eigenvalue weighted by molar-refractivity contribution is 7.09. The lowest BCUT2D eigenvalue weighted by molar-refractivity contribution is 0.0971. The zero-order chi connectivity index (χ0) is 20.5. The molecule has 150 valence electrons. The van der Waals surface area contributed by atoms with Gasteiger partial charge in [0.25, 0.3) is 0 Å². The van der Waals surface area contributed by atoms with Crippen LogP contribution in [0.1, 0.15) is 33.5 Å². The van der Waals surface area contributed by atoms with Gasteiger partial charge in [-0.05, 0) is 56.8 Å². The molecule has 1 aromatic carbocycles. The van der Waals surface area contributed by atoms with E-state index in [0.717, 1.165) is 35.4 Å². The second-order valence-electron chi connectivity index (χ2n) is 7.29. The van der Waals surface area contributed by atoms with Crippen LogP contribution >= 0.6 is 11.3 Å². The summed E-state index contributed by atoms with van der Waals surface area (Å²) >= 11 is 1.76. The lowest BCUT2D eigenvalue weighted by atomic mass is 10.1. The van der Waals surface area contributed by atoms with Crippen molar-refractivity contribution in [3.05, 3.63) is 80.2 Å². The molecule has 5 nitrogen and oxygen atoms in total. The van der Waals surface area contributed by atoms with Crippen LogP contribution in [0.3, 0.4) is 0 Å². The van der Waals surface area contributed by atoms with Crippen LogP contribution in [0.5, 0.6) is 0 Å². The Balaban J connectivity index is 1.63. The smallest absolute Gasteiger partial charge is 0.329 e. The molecule has 0 atom stereocenters. The molecule has 6 heteroatoms. The number of ketones is 1. The average molecular weight is 408 g/mol. The number of rotatable bonds is 7. The van der Waals surface area contributed by atoms with Crippen LogP contribution in [0.4, 0.5) is 0 Å². The number of aryl methyl sites for hydroxylation is 3. The monoisotopic (exact) mass is 407 g/mol. The van der Waals surface area contributed by atoms with Gasteiger partial charge >= 0.3 is 5.69 Å². The molecule has 0 aliphatic rings. The lowest BCUT2D eigenvalue weighted by Gasteiger charge is -2.09. The summed E-state index contributed by atoms with van der Waals surface area (Å²) in [5.74, 6) is -0.0263. The third-order valence-electron chi connectivity index (χ3n) is 5.58. The maximum atomic E-state index is 13.1. The maximum absolute atomic E-state index is 13.1. The Kier molecular flexibility index (Phi) is 5.28. The fourth-order valence-corrected chi connectivity index (χ4v) is 4.76. The van der Waals surface area contributed by atoms with Crippen molar-refractivity contribution in [2.24, 2.45) is 0 Å². The molecule has 0 amide bonds. The lowest BCUT2D eigenvalue weighted by Crippen LogP contribution is -2.26. The second kappa shape index (κ2) is 7.87. The van der Waals surface area contributed by atoms with Gasteiger partial charge in [-0.1, -0.05) is 18.2 Å². The molecule has 0 fully saturated rings. The summed E-state index contributed by atoms with van der Waals surface area (Å²) in [5.41, 5.74) is 4.29. The Labute approximate surface area is 173 Å². The van der Waals surface area contributed by atoms with Crippen LogP contribution < -0.4 is 5.69 Å². The van der Waals surface area contributed by atoms with Gasteiger partial charge in [-0.3, -0.25) is 13.9 Å². The zero-order valence-corrected chi connectivity index (χ0v) is 17.8. The number of carbonyl (C=O) groups is 1. The molecule has 0 saturated carbocycles. The summed E-state index contributed by atoms with van der Waals surface area (Å²) in [7, 11) is 0. The molecule has 0 radical (unpaired) electrons. The van der Waals surface area contributed by atoms with Gasteiger partial charge in [0, 0.05) is 34.9 Å². The highest BCUT2D eigenvalue weighted by atomic mass is 32.1. The standard InChI is InChI=1S/C23H25N3O2S/c1-4-24-20-9-5-6-10-21(20)26(23(24)28)15-22(27)19-14-16(2)25(17(19)3)12-11-18-8-7-13-29-18/h5-10,13-14H,4,11-12,15H2,1-3H3. The Morgan fingerprint density at radius 1 is 1.00 bits per heavy atom. The highest BCUT2D eigenvalue weighted by Crippen LogP contribution is 2.20. The quantitative estimate of drug-likeness (QED) is 0.426. The minimum Gasteiger partial charge on any atom is -0.348 e. The van der Waals surface area contributed by atoms with Crippen LogP contribution in [-0.4, -0.2) is 19.5 Å². The van der Waals surface area contributed by atoms with Crippen LogP contribution in [0.15, 0.2) is 52.6 Å². The van der Waals surface area contributed by atoms with Crippen molar-refractivity contribution in [2.45, 2.75) is 46.8 Å². The minimum atomic E-state index is -0.131. The largest absolute Gasteiger partial charge is 0.348 e. The van der Waals surface area contributed by atoms with Crippen molar-refractivity contribution in [2.75, 3.05) is 0 Å². The van der Waals surface area contributed by atoms with Crippen molar-refractivity contribution < 1.29 is 4.79 Å². The molecule has 0 aliphatic heterocycles. The summed E-state index contributed by atoms with van der Waals surface area (Å²) in [5, 5.41) is 2.09. The number of para-hydroxylation sites is 2. The molecule has 4 rings (SSSR count). The third-order valence-corrected chi connectivity index (χ3v) is 6.52. The Morgan fingerprint density at radius 3 is 2.38 bits per heavy atom. The molecule has 0 aliphatic carbocycles. The van der Waals surface area contributed by atoms with Crippen molar-refractivity contribution >= 4 is 28.2 Å². The average Bonchev–Trinajstić information content (AvgIpc) is 3.39. The van der Waals surface area contributed by atoms with Gasteiger partial charge in [-0.25, -0.2) is 4.79 Å². The van der Waals surface area contributed by atoms with Gasteiger partial charge in [0.2, 0.25) is 0 Å². The van der Waals surface area contributed by atoms with E-state index in [9.17, 15) is 9.59 Å². The van der Waals surface area contributed by atoms with Crippen molar-refractivity contribution in [1.82, 2.24) is 13.7 Å². The van der Waals surface area contributed by atoms with Gasteiger partial charge in [-0.2, -0.15) is 0 Å². The van der Waals surface area contributed by atoms with E-state index in [-0.39, 0.29) is 18.0 Å². The number of benzene rings is 1. The summed E-state index contributed by atoms with van der Waals surface area (Å²) < 4.78 is 5.51. The second-order valence-corrected chi connectivity index (χ2v) is 8.32. The summed E-state index contributed by atoms with van der Waals surface area (Å²) in [6.07, 6.45) is 0.950. The minimum absolute atomic E-state index is 0.0263. The number of imidazole rings is 1. The fraction of sp³-hybridized carbons (Fsp3) is 0.304. The van der Waals surface area contributed by atoms with Gasteiger partial charge < -0.3 is 4.57 Å². The molecule has 0 bridgehead atoms. The molecule has 0 N–H and O–H groups in total. The van der Waals surface area contributed by atoms with E-state index in [1.807, 2.05) is 51.1 Å². The summed E-state index contributed by atoms with van der Waals surface area (Å²) in [4.78, 5) is 27.3. The number of carbonyl (C=O) groups excluding carboxylic acids is 1. The van der Waals surface area contributed by atoms with Crippen LogP contribution in [0.2, 0.25) is 0 Å². The zero-order valence-electron chi connectivity index (χ0n) is 17.0. The first-order valence-corrected chi connectivity index (χ1v) is 10.8. The molecule has 4 aromatic rings. The number of hydrogen-bond donors (Lipinski definition) is 0. The molecule has 3 heterocycles. The van der Waals surface area contributed by atoms with Crippen molar-refractivity contribution in [3.63, 3.8) is 0 Å². The molecule has 3 aromatic heterocycles. The first-order valence-electron chi connectivity index (χ1n) is 9.91. The Hall–Kier alpha value is -2.86. The molecule has 0 spiro atoms. The van der Waals surface area contributed by atoms with Crippen LogP contribution in [-0.2, 0) is 26.1 Å². The van der Waals surface area contributed by atoms with E-state index in [1.165, 1.54) is 4.88 Å². The van der Waals surface area contributed by atoms with Gasteiger partial charge in [0.15, 0.2) is 5.78 Å². The van der Waals surface area contributed by atoms with E-state index in [1.54, 1.807) is 20.5 Å². The molecule has 0 unspecified atom stereocenters. The number of thiophene rings is 1. The fourth-order valence-electron chi connectivity index (χ4n) is 4.06.